The summed E-state index contributed by atoms with van der Waals surface area (Å²) in [6, 6.07) is 5.29. The first-order chi connectivity index (χ1) is 9.29. The van der Waals surface area contributed by atoms with Gasteiger partial charge in [-0.3, -0.25) is 20.0 Å². The van der Waals surface area contributed by atoms with Gasteiger partial charge in [0.15, 0.2) is 6.29 Å². The third kappa shape index (κ3) is 3.97. The molecule has 2 heterocycles. The number of carbonyl (C=O) groups excluding carboxylic acids is 2. The van der Waals surface area contributed by atoms with Crippen molar-refractivity contribution in [3.05, 3.63) is 35.7 Å². The normalized spacial score (nSPS) is 16.9. The van der Waals surface area contributed by atoms with Crippen molar-refractivity contribution in [2.75, 3.05) is 26.3 Å². The molecule has 0 radical (unpaired) electrons. The molecule has 1 aliphatic heterocycles. The molecule has 6 heteroatoms. The van der Waals surface area contributed by atoms with Crippen molar-refractivity contribution >= 4 is 18.3 Å². The molecule has 1 aliphatic rings. The molecule has 19 heavy (non-hydrogen) atoms. The van der Waals surface area contributed by atoms with Gasteiger partial charge in [-0.15, -0.1) is 0 Å². The molecule has 0 bridgehead atoms. The van der Waals surface area contributed by atoms with Gasteiger partial charge in [0.2, 0.25) is 0 Å². The zero-order valence-corrected chi connectivity index (χ0v) is 10.4. The van der Waals surface area contributed by atoms with Crippen LogP contribution in [-0.2, 0) is 14.3 Å². The maximum atomic E-state index is 11.9. The fourth-order valence-corrected chi connectivity index (χ4v) is 1.66. The molecular weight excluding hydrogens is 246 g/mol. The van der Waals surface area contributed by atoms with E-state index in [9.17, 15) is 9.59 Å². The van der Waals surface area contributed by atoms with E-state index in [1.165, 1.54) is 6.08 Å². The van der Waals surface area contributed by atoms with E-state index in [0.717, 1.165) is 0 Å². The largest absolute Gasteiger partial charge is 0.379 e. The molecule has 1 saturated heterocycles. The summed E-state index contributed by atoms with van der Waals surface area (Å²) in [6.45, 7) is 2.37. The van der Waals surface area contributed by atoms with Crippen LogP contribution in [0.4, 0.5) is 0 Å². The average Bonchev–Trinajstić information content (AvgIpc) is 2.47. The first-order valence-corrected chi connectivity index (χ1v) is 6.01. The molecule has 6 nitrogen and oxygen atoms in total. The zero-order valence-electron chi connectivity index (χ0n) is 10.4. The zero-order chi connectivity index (χ0) is 13.5. The number of nitrogens with one attached hydrogen (secondary N) is 1. The van der Waals surface area contributed by atoms with Crippen molar-refractivity contribution < 1.29 is 14.3 Å². The van der Waals surface area contributed by atoms with Gasteiger partial charge in [0.05, 0.1) is 24.5 Å². The molecule has 100 valence electrons. The van der Waals surface area contributed by atoms with Crippen molar-refractivity contribution in [1.29, 1.82) is 0 Å². The maximum Gasteiger partial charge on any atom is 0.268 e. The maximum absolute atomic E-state index is 11.9. The van der Waals surface area contributed by atoms with Gasteiger partial charge in [0.25, 0.3) is 5.91 Å². The van der Waals surface area contributed by atoms with Crippen LogP contribution in [0.5, 0.6) is 0 Å². The van der Waals surface area contributed by atoms with E-state index in [-0.39, 0.29) is 5.57 Å². The first kappa shape index (κ1) is 13.4. The van der Waals surface area contributed by atoms with Crippen molar-refractivity contribution in [2.24, 2.45) is 0 Å². The predicted molar refractivity (Wildman–Crippen MR) is 68.8 cm³/mol. The van der Waals surface area contributed by atoms with Crippen LogP contribution in [-0.4, -0.2) is 48.5 Å². The lowest BCUT2D eigenvalue weighted by molar-refractivity contribution is -0.125. The lowest BCUT2D eigenvalue weighted by atomic mass is 10.2. The molecular formula is C13H15N3O3. The number of hydrogen-bond acceptors (Lipinski definition) is 5. The Kier molecular flexibility index (Phi) is 4.77. The predicted octanol–water partition coefficient (Wildman–Crippen LogP) is 0.0273. The van der Waals surface area contributed by atoms with E-state index < -0.39 is 5.91 Å². The third-order valence-electron chi connectivity index (χ3n) is 2.65. The Morgan fingerprint density at radius 2 is 2.16 bits per heavy atom. The van der Waals surface area contributed by atoms with Crippen molar-refractivity contribution in [2.45, 2.75) is 0 Å². The molecule has 1 aromatic heterocycles. The molecule has 0 unspecified atom stereocenters. The van der Waals surface area contributed by atoms with Crippen LogP contribution in [0.3, 0.4) is 0 Å². The topological polar surface area (TPSA) is 71.5 Å². The fourth-order valence-electron chi connectivity index (χ4n) is 1.66. The van der Waals surface area contributed by atoms with Gasteiger partial charge in [0, 0.05) is 19.3 Å². The highest BCUT2D eigenvalue weighted by Crippen LogP contribution is 2.03. The number of amides is 1. The lowest BCUT2D eigenvalue weighted by Gasteiger charge is -2.26. The Hall–Kier alpha value is -2.05. The van der Waals surface area contributed by atoms with Crippen molar-refractivity contribution in [3.63, 3.8) is 0 Å². The monoisotopic (exact) mass is 261 g/mol. The summed E-state index contributed by atoms with van der Waals surface area (Å²) in [5.41, 5.74) is 3.29. The van der Waals surface area contributed by atoms with Crippen LogP contribution in [0.25, 0.3) is 6.08 Å². The lowest BCUT2D eigenvalue weighted by Crippen LogP contribution is -2.48. The van der Waals surface area contributed by atoms with E-state index in [4.69, 9.17) is 4.74 Å². The summed E-state index contributed by atoms with van der Waals surface area (Å²) in [5.74, 6) is -0.428. The number of hydrogen-bond donors (Lipinski definition) is 1. The molecule has 0 saturated carbocycles. The van der Waals surface area contributed by atoms with E-state index >= 15 is 0 Å². The van der Waals surface area contributed by atoms with E-state index in [1.807, 2.05) is 0 Å². The van der Waals surface area contributed by atoms with Gasteiger partial charge < -0.3 is 4.74 Å². The summed E-state index contributed by atoms with van der Waals surface area (Å²) in [5, 5.41) is 1.74. The summed E-state index contributed by atoms with van der Waals surface area (Å²) in [6.07, 6.45) is 3.60. The van der Waals surface area contributed by atoms with Crippen LogP contribution in [0.15, 0.2) is 30.0 Å². The number of rotatable bonds is 4. The van der Waals surface area contributed by atoms with Crippen LogP contribution in [0.1, 0.15) is 5.69 Å². The summed E-state index contributed by atoms with van der Waals surface area (Å²) in [4.78, 5) is 27.0. The summed E-state index contributed by atoms with van der Waals surface area (Å²) in [7, 11) is 0. The van der Waals surface area contributed by atoms with Gasteiger partial charge in [-0.05, 0) is 18.2 Å². The van der Waals surface area contributed by atoms with E-state index in [1.54, 1.807) is 29.4 Å². The standard InChI is InChI=1S/C13H15N3O3/c17-10-11(9-12-3-1-2-4-14-12)13(18)15-16-5-7-19-8-6-16/h1-4,9-10H,5-8H2,(H,15,18). The van der Waals surface area contributed by atoms with Gasteiger partial charge in [-0.1, -0.05) is 6.07 Å². The molecule has 0 aliphatic carbocycles. The smallest absolute Gasteiger partial charge is 0.268 e. The number of nitrogens with zero attached hydrogens (tertiary/aromatic N) is 2. The first-order valence-electron chi connectivity index (χ1n) is 6.01. The molecule has 0 atom stereocenters. The number of aldehydes is 1. The van der Waals surface area contributed by atoms with Gasteiger partial charge in [-0.2, -0.15) is 0 Å². The Morgan fingerprint density at radius 3 is 2.79 bits per heavy atom. The molecule has 1 fully saturated rings. The number of aromatic nitrogens is 1. The Bertz CT molecular complexity index is 467. The average molecular weight is 261 g/mol. The van der Waals surface area contributed by atoms with Crippen LogP contribution in [0.2, 0.25) is 0 Å². The third-order valence-corrected chi connectivity index (χ3v) is 2.65. The summed E-state index contributed by atoms with van der Waals surface area (Å²) < 4.78 is 5.18. The minimum atomic E-state index is -0.428. The van der Waals surface area contributed by atoms with Gasteiger partial charge in [0.1, 0.15) is 0 Å². The van der Waals surface area contributed by atoms with Gasteiger partial charge >= 0.3 is 0 Å². The number of morpholine rings is 1. The van der Waals surface area contributed by atoms with Crippen molar-refractivity contribution in [3.8, 4) is 0 Å². The second kappa shape index (κ2) is 6.77. The highest BCUT2D eigenvalue weighted by Gasteiger charge is 2.15. The SMILES string of the molecule is O=CC(=Cc1ccccn1)C(=O)NN1CCOCC1. The molecule has 1 N–H and O–H groups in total. The number of pyridine rings is 1. The second-order valence-electron chi connectivity index (χ2n) is 4.01. The number of hydrazine groups is 1. The van der Waals surface area contributed by atoms with Crippen molar-refractivity contribution in [1.82, 2.24) is 15.4 Å². The Labute approximate surface area is 111 Å². The molecule has 1 aromatic rings. The van der Waals surface area contributed by atoms with Crippen LogP contribution < -0.4 is 5.43 Å². The minimum absolute atomic E-state index is 0.0465. The Balaban J connectivity index is 2.02. The summed E-state index contributed by atoms with van der Waals surface area (Å²) >= 11 is 0. The Morgan fingerprint density at radius 1 is 1.37 bits per heavy atom. The quantitative estimate of drug-likeness (QED) is 0.358. The molecule has 2 rings (SSSR count). The molecule has 1 amide bonds. The number of ether oxygens (including phenoxy) is 1. The fraction of sp³-hybridized carbons (Fsp3) is 0.308. The van der Waals surface area contributed by atoms with Crippen LogP contribution >= 0.6 is 0 Å². The van der Waals surface area contributed by atoms with E-state index in [2.05, 4.69) is 10.4 Å². The second-order valence-corrected chi connectivity index (χ2v) is 4.01. The molecule has 0 spiro atoms. The minimum Gasteiger partial charge on any atom is -0.379 e. The van der Waals surface area contributed by atoms with Crippen LogP contribution in [0, 0.1) is 0 Å². The molecule has 0 aromatic carbocycles. The highest BCUT2D eigenvalue weighted by atomic mass is 16.5. The highest BCUT2D eigenvalue weighted by molar-refractivity contribution is 6.14. The van der Waals surface area contributed by atoms with E-state index in [0.29, 0.717) is 38.3 Å². The number of carbonyl (C=O) groups is 2. The van der Waals surface area contributed by atoms with Gasteiger partial charge in [-0.25, -0.2) is 5.01 Å².